The number of carbonyl (C=O) groups is 2. The smallest absolute Gasteiger partial charge is 0.255 e. The van der Waals surface area contributed by atoms with Crippen LogP contribution in [0.5, 0.6) is 0 Å². The lowest BCUT2D eigenvalue weighted by molar-refractivity contribution is -0.127. The first-order valence-corrected chi connectivity index (χ1v) is 11.6. The van der Waals surface area contributed by atoms with Gasteiger partial charge in [-0.15, -0.1) is 0 Å². The molecular formula is C25H26F3N7O3. The number of nitrogens with one attached hydrogen (secondary N) is 1. The van der Waals surface area contributed by atoms with Gasteiger partial charge in [0, 0.05) is 27.7 Å². The van der Waals surface area contributed by atoms with Crippen molar-refractivity contribution in [2.45, 2.75) is 25.4 Å². The van der Waals surface area contributed by atoms with Crippen molar-refractivity contribution in [3.05, 3.63) is 52.8 Å². The van der Waals surface area contributed by atoms with Crippen molar-refractivity contribution in [1.82, 2.24) is 24.2 Å². The largest absolute Gasteiger partial charge is 0.383 e. The first kappa shape index (κ1) is 26.7. The molecule has 1 aromatic carbocycles. The van der Waals surface area contributed by atoms with Crippen molar-refractivity contribution in [3.8, 4) is 11.8 Å². The number of ether oxygens (including phenoxy) is 1. The molecule has 10 nitrogen and oxygen atoms in total. The van der Waals surface area contributed by atoms with Crippen molar-refractivity contribution in [1.29, 1.82) is 0 Å². The molecule has 4 rings (SSSR count). The molecule has 13 heteroatoms. The van der Waals surface area contributed by atoms with Gasteiger partial charge in [-0.25, -0.2) is 22.8 Å². The number of nitrogens with two attached hydrogens (primary N) is 1. The maximum Gasteiger partial charge on any atom is 0.255 e. The van der Waals surface area contributed by atoms with Crippen LogP contribution in [-0.4, -0.2) is 69.4 Å². The molecule has 2 amide bonds. The molecule has 1 aliphatic heterocycles. The minimum Gasteiger partial charge on any atom is -0.383 e. The van der Waals surface area contributed by atoms with Gasteiger partial charge in [0.1, 0.15) is 33.8 Å². The van der Waals surface area contributed by atoms with Crippen LogP contribution >= 0.6 is 0 Å². The molecule has 200 valence electrons. The van der Waals surface area contributed by atoms with Crippen LogP contribution in [0, 0.1) is 36.2 Å². The summed E-state index contributed by atoms with van der Waals surface area (Å²) in [6.07, 6.45) is 1.63. The third kappa shape index (κ3) is 4.26. The number of amides is 2. The van der Waals surface area contributed by atoms with Gasteiger partial charge in [-0.1, -0.05) is 12.5 Å². The van der Waals surface area contributed by atoms with Gasteiger partial charge in [-0.2, -0.15) is 5.10 Å². The quantitative estimate of drug-likeness (QED) is 0.286. The van der Waals surface area contributed by atoms with Gasteiger partial charge in [-0.05, 0) is 25.3 Å². The van der Waals surface area contributed by atoms with Crippen LogP contribution in [0.3, 0.4) is 0 Å². The number of fused-ring (bicyclic) bond motifs is 1. The molecule has 0 saturated carbocycles. The number of carbonyl (C=O) groups excluding carboxylic acids is 2. The molecule has 0 bridgehead atoms. The zero-order chi connectivity index (χ0) is 27.9. The van der Waals surface area contributed by atoms with E-state index in [1.54, 1.807) is 4.90 Å². The van der Waals surface area contributed by atoms with E-state index in [-0.39, 0.29) is 59.0 Å². The van der Waals surface area contributed by atoms with E-state index in [0.29, 0.717) is 6.42 Å². The molecule has 1 unspecified atom stereocenters. The number of nitrogens with zero attached hydrogens (tertiary/aromatic N) is 5. The van der Waals surface area contributed by atoms with Crippen molar-refractivity contribution < 1.29 is 27.5 Å². The van der Waals surface area contributed by atoms with E-state index in [1.165, 1.54) is 43.5 Å². The molecule has 3 heterocycles. The summed E-state index contributed by atoms with van der Waals surface area (Å²) in [5.41, 5.74) is 3.77. The Hall–Kier alpha value is -4.31. The zero-order valence-corrected chi connectivity index (χ0v) is 21.2. The van der Waals surface area contributed by atoms with E-state index in [9.17, 15) is 18.4 Å². The average Bonchev–Trinajstić information content (AvgIpc) is 3.56. The number of imidazole rings is 1. The third-order valence-corrected chi connectivity index (χ3v) is 6.62. The highest BCUT2D eigenvalue weighted by Gasteiger charge is 2.38. The molecule has 3 N–H and O–H groups in total. The van der Waals surface area contributed by atoms with Crippen LogP contribution in [0.1, 0.15) is 39.9 Å². The van der Waals surface area contributed by atoms with E-state index in [4.69, 9.17) is 10.5 Å². The number of benzene rings is 1. The normalized spacial score (nSPS) is 17.0. The summed E-state index contributed by atoms with van der Waals surface area (Å²) in [4.78, 5) is 30.3. The molecule has 1 fully saturated rings. The molecular weight excluding hydrogens is 503 g/mol. The number of primary amides is 1. The summed E-state index contributed by atoms with van der Waals surface area (Å²) in [7, 11) is 4.49. The lowest BCUT2D eigenvalue weighted by Gasteiger charge is -2.22. The van der Waals surface area contributed by atoms with E-state index in [2.05, 4.69) is 33.8 Å². The number of hydrogen-bond donors (Lipinski definition) is 2. The maximum atomic E-state index is 15.2. The fourth-order valence-corrected chi connectivity index (χ4v) is 4.74. The molecule has 3 aromatic rings. The number of anilines is 1. The number of aryl methyl sites for hydroxylation is 2. The van der Waals surface area contributed by atoms with Crippen molar-refractivity contribution in [3.63, 3.8) is 0 Å². The summed E-state index contributed by atoms with van der Waals surface area (Å²) in [6, 6.07) is -0.690. The molecule has 1 aliphatic rings. The van der Waals surface area contributed by atoms with E-state index < -0.39 is 35.0 Å². The Morgan fingerprint density at radius 1 is 1.26 bits per heavy atom. The first-order chi connectivity index (χ1) is 18.0. The summed E-state index contributed by atoms with van der Waals surface area (Å²) in [5.74, 6) is 0.133. The number of aromatic nitrogens is 4. The van der Waals surface area contributed by atoms with Crippen LogP contribution in [0.15, 0.2) is 12.7 Å². The van der Waals surface area contributed by atoms with Gasteiger partial charge >= 0.3 is 0 Å². The van der Waals surface area contributed by atoms with Crippen molar-refractivity contribution >= 4 is 28.7 Å². The van der Waals surface area contributed by atoms with Gasteiger partial charge in [0.05, 0.1) is 18.7 Å². The van der Waals surface area contributed by atoms with E-state index >= 15 is 4.39 Å². The van der Waals surface area contributed by atoms with Crippen molar-refractivity contribution in [2.75, 3.05) is 32.6 Å². The molecule has 38 heavy (non-hydrogen) atoms. The summed E-state index contributed by atoms with van der Waals surface area (Å²) in [6.45, 7) is 5.55. The number of halogens is 3. The van der Waals surface area contributed by atoms with Crippen LogP contribution in [0.4, 0.5) is 19.0 Å². The van der Waals surface area contributed by atoms with E-state index in [1.807, 2.05) is 0 Å². The van der Waals surface area contributed by atoms with Crippen molar-refractivity contribution in [2.24, 2.45) is 12.8 Å². The summed E-state index contributed by atoms with van der Waals surface area (Å²) >= 11 is 0. The number of hydrogen-bond acceptors (Lipinski definition) is 6. The topological polar surface area (TPSA) is 120 Å². The highest BCUT2D eigenvalue weighted by molar-refractivity contribution is 6.00. The Morgan fingerprint density at radius 2 is 1.97 bits per heavy atom. The fourth-order valence-electron chi connectivity index (χ4n) is 4.74. The van der Waals surface area contributed by atoms with Crippen LogP contribution in [0.2, 0.25) is 0 Å². The van der Waals surface area contributed by atoms with Crippen LogP contribution in [0.25, 0.3) is 11.0 Å². The molecule has 2 aromatic heterocycles. The van der Waals surface area contributed by atoms with E-state index in [0.717, 1.165) is 0 Å². The third-order valence-electron chi connectivity index (χ3n) is 6.62. The van der Waals surface area contributed by atoms with Gasteiger partial charge < -0.3 is 25.3 Å². The number of methoxy groups -OCH3 is 1. The second kappa shape index (κ2) is 10.2. The summed E-state index contributed by atoms with van der Waals surface area (Å²) in [5, 5.41) is 7.26. The molecule has 0 spiro atoms. The Labute approximate surface area is 216 Å². The molecule has 0 aliphatic carbocycles. The van der Waals surface area contributed by atoms with Crippen LogP contribution < -0.4 is 11.1 Å². The Morgan fingerprint density at radius 3 is 2.58 bits per heavy atom. The Balaban J connectivity index is 1.83. The highest BCUT2D eigenvalue weighted by atomic mass is 19.2. The number of rotatable bonds is 6. The predicted molar refractivity (Wildman–Crippen MR) is 133 cm³/mol. The Bertz CT molecular complexity index is 1530. The summed E-state index contributed by atoms with van der Waals surface area (Å²) < 4.78 is 52.7. The zero-order valence-electron chi connectivity index (χ0n) is 21.2. The van der Waals surface area contributed by atoms with Gasteiger partial charge in [0.2, 0.25) is 5.91 Å². The average molecular weight is 530 g/mol. The highest BCUT2D eigenvalue weighted by Crippen LogP contribution is 2.33. The minimum absolute atomic E-state index is 0.118. The molecule has 0 radical (unpaired) electrons. The minimum atomic E-state index is -1.49. The lowest BCUT2D eigenvalue weighted by Crippen LogP contribution is -2.37. The standard InChI is InChI=1S/C25H26F3N7O3/c1-6-17(36)34-10-13(9-14(34)11-38-5)35-25(30-3)18(24(29)37)16(32-35)8-7-15-19(26)21(28)23-22(20(15)27)31-12(2)33(23)4/h6,13-14,30H,1,9-11H2,2-5H3,(H2,29,37)/t13?,14-/m1/s1. The van der Waals surface area contributed by atoms with Gasteiger partial charge in [0.15, 0.2) is 23.1 Å². The number of likely N-dealkylation sites (tertiary alicyclic amines) is 1. The molecule has 2 atom stereocenters. The van der Waals surface area contributed by atoms with Gasteiger partial charge in [0.25, 0.3) is 5.91 Å². The monoisotopic (exact) mass is 529 g/mol. The second-order valence-corrected chi connectivity index (χ2v) is 8.81. The first-order valence-electron chi connectivity index (χ1n) is 11.6. The van der Waals surface area contributed by atoms with Gasteiger partial charge in [-0.3, -0.25) is 9.59 Å². The predicted octanol–water partition coefficient (Wildman–Crippen LogP) is 2.01. The molecule has 1 saturated heterocycles. The Kier molecular flexibility index (Phi) is 7.19. The second-order valence-electron chi connectivity index (χ2n) is 8.81. The lowest BCUT2D eigenvalue weighted by atomic mass is 10.1. The van der Waals surface area contributed by atoms with Crippen LogP contribution in [-0.2, 0) is 16.6 Å². The fraction of sp³-hybridized carbons (Fsp3) is 0.360. The SMILES string of the molecule is C=CC(=O)N1CC(n2nc(C#Cc3c(F)c(F)c4c(nc(C)n4C)c3F)c(C(N)=O)c2NC)C[C@@H]1COC. The maximum absolute atomic E-state index is 15.2.